The van der Waals surface area contributed by atoms with Crippen LogP contribution in [0.5, 0.6) is 5.75 Å². The summed E-state index contributed by atoms with van der Waals surface area (Å²) >= 11 is 1.67. The second-order valence-corrected chi connectivity index (χ2v) is 8.39. The molecule has 5 nitrogen and oxygen atoms in total. The second kappa shape index (κ2) is 7.95. The maximum atomic E-state index is 13.3. The van der Waals surface area contributed by atoms with Gasteiger partial charge in [0.2, 0.25) is 0 Å². The third-order valence-corrected chi connectivity index (χ3v) is 6.78. The number of benzene rings is 1. The van der Waals surface area contributed by atoms with Crippen molar-refractivity contribution in [2.45, 2.75) is 31.6 Å². The van der Waals surface area contributed by atoms with E-state index in [0.717, 1.165) is 11.3 Å². The molecule has 0 saturated heterocycles. The maximum absolute atomic E-state index is 13.3. The quantitative estimate of drug-likeness (QED) is 0.697. The first-order valence-corrected chi connectivity index (χ1v) is 10.5. The van der Waals surface area contributed by atoms with Crippen molar-refractivity contribution in [2.75, 3.05) is 14.2 Å². The zero-order valence-electron chi connectivity index (χ0n) is 16.7. The van der Waals surface area contributed by atoms with Crippen molar-refractivity contribution in [1.82, 2.24) is 0 Å². The van der Waals surface area contributed by atoms with Crippen molar-refractivity contribution < 1.29 is 19.1 Å². The Morgan fingerprint density at radius 3 is 2.69 bits per heavy atom. The molecule has 0 amide bonds. The van der Waals surface area contributed by atoms with E-state index in [-0.39, 0.29) is 17.7 Å². The van der Waals surface area contributed by atoms with Gasteiger partial charge < -0.3 is 9.47 Å². The average Bonchev–Trinajstić information content (AvgIpc) is 3.27. The number of nitrogens with zero attached hydrogens (tertiary/aromatic N) is 1. The van der Waals surface area contributed by atoms with Crippen LogP contribution >= 0.6 is 11.3 Å². The predicted molar refractivity (Wildman–Crippen MR) is 113 cm³/mol. The molecule has 6 heteroatoms. The second-order valence-electron chi connectivity index (χ2n) is 7.41. The number of methoxy groups -OCH3 is 2. The molecule has 150 valence electrons. The topological polar surface area (TPSA) is 65.0 Å². The number of Topliss-reactive ketones (excluding diaryl/α,β-unsaturated/α-hetero) is 1. The third kappa shape index (κ3) is 3.53. The third-order valence-electron chi connectivity index (χ3n) is 5.74. The van der Waals surface area contributed by atoms with E-state index in [1.807, 2.05) is 42.6 Å². The molecule has 1 aliphatic heterocycles. The molecule has 1 aliphatic carbocycles. The van der Waals surface area contributed by atoms with Gasteiger partial charge in [-0.25, -0.2) is 0 Å². The maximum Gasteiger partial charge on any atom is 0.315 e. The van der Waals surface area contributed by atoms with Crippen LogP contribution in [0.25, 0.3) is 0 Å². The van der Waals surface area contributed by atoms with Gasteiger partial charge in [0.05, 0.1) is 14.2 Å². The molecule has 1 aromatic carbocycles. The summed E-state index contributed by atoms with van der Waals surface area (Å²) in [6.45, 7) is 1.85. The number of allylic oxidation sites excluding steroid dienone is 2. The number of aliphatic imine (C=N–C) groups is 1. The summed E-state index contributed by atoms with van der Waals surface area (Å²) in [5.41, 5.74) is 2.99. The minimum absolute atomic E-state index is 0.0580. The van der Waals surface area contributed by atoms with Crippen LogP contribution in [0.4, 0.5) is 0 Å². The van der Waals surface area contributed by atoms with Gasteiger partial charge in [0.25, 0.3) is 0 Å². The molecule has 0 radical (unpaired) electrons. The summed E-state index contributed by atoms with van der Waals surface area (Å²) in [6, 6.07) is 11.6. The number of ketones is 1. The highest BCUT2D eigenvalue weighted by molar-refractivity contribution is 7.10. The fourth-order valence-electron chi connectivity index (χ4n) is 4.41. The van der Waals surface area contributed by atoms with E-state index >= 15 is 0 Å². The molecule has 0 N–H and O–H groups in total. The number of hydrogen-bond acceptors (Lipinski definition) is 6. The zero-order chi connectivity index (χ0) is 20.5. The molecule has 2 aromatic rings. The molecule has 2 aliphatic rings. The molecule has 0 spiro atoms. The van der Waals surface area contributed by atoms with Crippen molar-refractivity contribution in [1.29, 1.82) is 0 Å². The van der Waals surface area contributed by atoms with Crippen LogP contribution in [-0.2, 0) is 14.3 Å². The summed E-state index contributed by atoms with van der Waals surface area (Å²) in [4.78, 5) is 31.9. The van der Waals surface area contributed by atoms with Gasteiger partial charge in [-0.1, -0.05) is 18.2 Å². The van der Waals surface area contributed by atoms with Gasteiger partial charge in [-0.15, -0.1) is 11.3 Å². The van der Waals surface area contributed by atoms with Crippen LogP contribution in [0, 0.1) is 5.92 Å². The fourth-order valence-corrected chi connectivity index (χ4v) is 5.24. The first-order chi connectivity index (χ1) is 14.0. The summed E-state index contributed by atoms with van der Waals surface area (Å²) < 4.78 is 10.5. The van der Waals surface area contributed by atoms with Gasteiger partial charge in [-0.05, 0) is 42.5 Å². The van der Waals surface area contributed by atoms with Crippen LogP contribution in [0.15, 0.2) is 58.0 Å². The normalized spacial score (nSPS) is 24.0. The van der Waals surface area contributed by atoms with Gasteiger partial charge in [0.15, 0.2) is 5.78 Å². The lowest BCUT2D eigenvalue weighted by molar-refractivity contribution is -0.143. The Bertz CT molecular complexity index is 1010. The summed E-state index contributed by atoms with van der Waals surface area (Å²) in [6.07, 6.45) is 1.13. The van der Waals surface area contributed by atoms with E-state index in [1.165, 1.54) is 12.0 Å². The lowest BCUT2D eigenvalue weighted by atomic mass is 9.70. The van der Waals surface area contributed by atoms with Gasteiger partial charge in [0.1, 0.15) is 11.7 Å². The minimum atomic E-state index is -0.618. The molecule has 0 bridgehead atoms. The molecule has 3 atom stereocenters. The summed E-state index contributed by atoms with van der Waals surface area (Å²) in [7, 11) is 2.98. The number of ether oxygens (including phenoxy) is 2. The van der Waals surface area contributed by atoms with E-state index in [9.17, 15) is 9.59 Å². The lowest BCUT2D eigenvalue weighted by Crippen LogP contribution is -2.37. The fraction of sp³-hybridized carbons (Fsp3) is 0.348. The van der Waals surface area contributed by atoms with Gasteiger partial charge in [-0.3, -0.25) is 14.6 Å². The van der Waals surface area contributed by atoms with E-state index in [0.29, 0.717) is 29.9 Å². The van der Waals surface area contributed by atoms with Crippen LogP contribution < -0.4 is 4.74 Å². The highest BCUT2D eigenvalue weighted by Crippen LogP contribution is 2.47. The number of thiophene rings is 1. The van der Waals surface area contributed by atoms with Crippen LogP contribution in [-0.4, -0.2) is 31.7 Å². The average molecular weight is 410 g/mol. The highest BCUT2D eigenvalue weighted by atomic mass is 32.1. The number of hydrogen-bond donors (Lipinski definition) is 0. The molecule has 4 rings (SSSR count). The first-order valence-electron chi connectivity index (χ1n) is 9.60. The van der Waals surface area contributed by atoms with Crippen molar-refractivity contribution in [3.8, 4) is 5.75 Å². The Labute approximate surface area is 174 Å². The largest absolute Gasteiger partial charge is 0.497 e. The van der Waals surface area contributed by atoms with Crippen LogP contribution in [0.2, 0.25) is 0 Å². The molecule has 1 aromatic heterocycles. The highest BCUT2D eigenvalue weighted by Gasteiger charge is 2.44. The first kappa shape index (κ1) is 19.6. The standard InChI is InChI=1S/C23H23NO4S/c1-13-20(23(26)28-3)21(14-6-4-7-16(10-14)27-2)22-17(24-13)11-15(12-18(22)25)19-8-5-9-29-19/h4-10,15,20-21H,11-12H2,1-3H3/t15-,20?,21-/m1/s1. The van der Waals surface area contributed by atoms with Gasteiger partial charge in [0, 0.05) is 40.1 Å². The molecule has 0 saturated carbocycles. The van der Waals surface area contributed by atoms with Crippen molar-refractivity contribution in [2.24, 2.45) is 10.9 Å². The molecule has 2 heterocycles. The Hall–Kier alpha value is -2.73. The van der Waals surface area contributed by atoms with E-state index < -0.39 is 11.8 Å². The Morgan fingerprint density at radius 1 is 1.17 bits per heavy atom. The predicted octanol–water partition coefficient (Wildman–Crippen LogP) is 4.50. The SMILES string of the molecule is COC(=O)C1C(C)=NC2=C(C(=O)C[C@H](c3cccs3)C2)[C@@H]1c1cccc(OC)c1. The number of esters is 1. The lowest BCUT2D eigenvalue weighted by Gasteiger charge is -2.36. The Kier molecular flexibility index (Phi) is 5.37. The summed E-state index contributed by atoms with van der Waals surface area (Å²) in [5, 5.41) is 2.03. The van der Waals surface area contributed by atoms with Gasteiger partial charge >= 0.3 is 5.97 Å². The van der Waals surface area contributed by atoms with Crippen LogP contribution in [0.1, 0.15) is 42.0 Å². The van der Waals surface area contributed by atoms with Crippen LogP contribution in [0.3, 0.4) is 0 Å². The number of rotatable bonds is 4. The van der Waals surface area contributed by atoms with Crippen molar-refractivity contribution >= 4 is 28.8 Å². The molecular weight excluding hydrogens is 386 g/mol. The molecule has 1 unspecified atom stereocenters. The zero-order valence-corrected chi connectivity index (χ0v) is 17.5. The Balaban J connectivity index is 1.83. The monoisotopic (exact) mass is 409 g/mol. The smallest absolute Gasteiger partial charge is 0.315 e. The van der Waals surface area contributed by atoms with E-state index in [1.54, 1.807) is 18.4 Å². The number of carbonyl (C=O) groups is 2. The van der Waals surface area contributed by atoms with Crippen molar-refractivity contribution in [3.63, 3.8) is 0 Å². The van der Waals surface area contributed by atoms with Gasteiger partial charge in [-0.2, -0.15) is 0 Å². The van der Waals surface area contributed by atoms with E-state index in [4.69, 9.17) is 14.5 Å². The van der Waals surface area contributed by atoms with Crippen molar-refractivity contribution in [3.05, 3.63) is 63.5 Å². The van der Waals surface area contributed by atoms with E-state index in [2.05, 4.69) is 6.07 Å². The molecule has 29 heavy (non-hydrogen) atoms. The minimum Gasteiger partial charge on any atom is -0.497 e. The number of carbonyl (C=O) groups excluding carboxylic acids is 2. The summed E-state index contributed by atoms with van der Waals surface area (Å²) in [5.74, 6) is -0.525. The molecular formula is C23H23NO4S. The molecule has 0 fully saturated rings. The Morgan fingerprint density at radius 2 is 2.00 bits per heavy atom.